The van der Waals surface area contributed by atoms with Gasteiger partial charge in [-0.1, -0.05) is 6.92 Å². The van der Waals surface area contributed by atoms with E-state index >= 15 is 0 Å². The van der Waals surface area contributed by atoms with E-state index in [9.17, 15) is 20.0 Å². The zero-order chi connectivity index (χ0) is 15.6. The number of nitrogens with zero attached hydrogens (tertiary/aromatic N) is 3. The second kappa shape index (κ2) is 6.26. The fourth-order valence-electron chi connectivity index (χ4n) is 2.72. The maximum atomic E-state index is 12.5. The molecule has 1 aromatic heterocycles. The van der Waals surface area contributed by atoms with Gasteiger partial charge in [-0.15, -0.1) is 0 Å². The zero-order valence-electron chi connectivity index (χ0n) is 12.4. The first-order chi connectivity index (χ1) is 9.92. The summed E-state index contributed by atoms with van der Waals surface area (Å²) in [7, 11) is 1.70. The van der Waals surface area contributed by atoms with E-state index in [1.54, 1.807) is 16.5 Å². The zero-order valence-corrected chi connectivity index (χ0v) is 12.4. The molecule has 0 unspecified atom stereocenters. The summed E-state index contributed by atoms with van der Waals surface area (Å²) in [6, 6.07) is 1.34. The molecular formula is C14H21N3O4. The molecule has 1 aliphatic carbocycles. The van der Waals surface area contributed by atoms with Crippen molar-refractivity contribution < 1.29 is 14.8 Å². The minimum atomic E-state index is -0.481. The summed E-state index contributed by atoms with van der Waals surface area (Å²) >= 11 is 0. The Morgan fingerprint density at radius 1 is 1.57 bits per heavy atom. The van der Waals surface area contributed by atoms with Gasteiger partial charge in [0.15, 0.2) is 0 Å². The van der Waals surface area contributed by atoms with Crippen molar-refractivity contribution in [3.63, 3.8) is 0 Å². The van der Waals surface area contributed by atoms with Crippen LogP contribution in [0.3, 0.4) is 0 Å². The molecule has 2 rings (SSSR count). The third kappa shape index (κ3) is 3.41. The fourth-order valence-corrected chi connectivity index (χ4v) is 2.72. The van der Waals surface area contributed by atoms with Gasteiger partial charge in [-0.05, 0) is 25.2 Å². The monoisotopic (exact) mass is 295 g/mol. The highest BCUT2D eigenvalue weighted by Crippen LogP contribution is 2.28. The van der Waals surface area contributed by atoms with E-state index < -0.39 is 4.92 Å². The van der Waals surface area contributed by atoms with Crippen molar-refractivity contribution in [1.29, 1.82) is 0 Å². The van der Waals surface area contributed by atoms with Crippen LogP contribution in [0.1, 0.15) is 36.7 Å². The van der Waals surface area contributed by atoms with E-state index in [1.807, 2.05) is 6.92 Å². The molecule has 1 heterocycles. The molecule has 0 radical (unpaired) electrons. The van der Waals surface area contributed by atoms with Crippen LogP contribution in [0.2, 0.25) is 0 Å². The van der Waals surface area contributed by atoms with Crippen LogP contribution >= 0.6 is 0 Å². The highest BCUT2D eigenvalue weighted by molar-refractivity contribution is 5.93. The van der Waals surface area contributed by atoms with Gasteiger partial charge in [-0.2, -0.15) is 0 Å². The number of carbonyl (C=O) groups is 1. The number of carbonyl (C=O) groups excluding carboxylic acids is 1. The van der Waals surface area contributed by atoms with E-state index in [0.717, 1.165) is 6.42 Å². The topological polar surface area (TPSA) is 88.6 Å². The number of amides is 1. The molecule has 1 fully saturated rings. The molecule has 0 bridgehead atoms. The third-order valence-electron chi connectivity index (χ3n) is 3.87. The average Bonchev–Trinajstić information content (AvgIpc) is 2.80. The number of aromatic nitrogens is 1. The molecule has 21 heavy (non-hydrogen) atoms. The van der Waals surface area contributed by atoms with Gasteiger partial charge in [0.05, 0.1) is 17.2 Å². The van der Waals surface area contributed by atoms with Gasteiger partial charge in [-0.25, -0.2) is 0 Å². The molecule has 0 saturated heterocycles. The summed E-state index contributed by atoms with van der Waals surface area (Å²) in [5.74, 6) is 0.108. The first-order valence-electron chi connectivity index (χ1n) is 7.20. The van der Waals surface area contributed by atoms with Crippen molar-refractivity contribution >= 4 is 11.6 Å². The van der Waals surface area contributed by atoms with Crippen LogP contribution in [0.25, 0.3) is 0 Å². The quantitative estimate of drug-likeness (QED) is 0.638. The van der Waals surface area contributed by atoms with Crippen molar-refractivity contribution in [3.05, 3.63) is 28.1 Å². The first kappa shape index (κ1) is 15.5. The van der Waals surface area contributed by atoms with Gasteiger partial charge in [0.2, 0.25) is 0 Å². The number of aliphatic hydroxyl groups is 1. The predicted octanol–water partition coefficient (Wildman–Crippen LogP) is 1.65. The molecule has 1 amide bonds. The Labute approximate surface area is 123 Å². The van der Waals surface area contributed by atoms with Crippen molar-refractivity contribution in [2.24, 2.45) is 5.92 Å². The molecule has 7 nitrogen and oxygen atoms in total. The van der Waals surface area contributed by atoms with E-state index in [1.165, 1.54) is 12.3 Å². The smallest absolute Gasteiger partial charge is 0.287 e. The lowest BCUT2D eigenvalue weighted by molar-refractivity contribution is -0.384. The second-order valence-electron chi connectivity index (χ2n) is 5.71. The van der Waals surface area contributed by atoms with Gasteiger partial charge >= 0.3 is 0 Å². The van der Waals surface area contributed by atoms with E-state index in [0.29, 0.717) is 37.5 Å². The van der Waals surface area contributed by atoms with Gasteiger partial charge in [0.1, 0.15) is 5.69 Å². The molecule has 0 aliphatic heterocycles. The number of aryl methyl sites for hydroxylation is 1. The normalized spacial score (nSPS) is 20.9. The standard InChI is InChI=1S/C14H21N3O4/c1-3-4-16-9-11(17(20)21)7-13(16)14(19)15(2)8-10-5-12(18)6-10/h7,9-10,12,18H,3-6,8H2,1-2H3. The maximum absolute atomic E-state index is 12.5. The Hall–Kier alpha value is -1.89. The van der Waals surface area contributed by atoms with E-state index in [-0.39, 0.29) is 17.7 Å². The largest absolute Gasteiger partial charge is 0.393 e. The molecule has 1 aromatic rings. The Balaban J connectivity index is 2.11. The SMILES string of the molecule is CCCn1cc([N+](=O)[O-])cc1C(=O)N(C)CC1CC(O)C1. The van der Waals surface area contributed by atoms with Crippen LogP contribution in [-0.2, 0) is 6.54 Å². The Kier molecular flexibility index (Phi) is 4.62. The van der Waals surface area contributed by atoms with Crippen molar-refractivity contribution in [1.82, 2.24) is 9.47 Å². The van der Waals surface area contributed by atoms with Crippen molar-refractivity contribution in [2.45, 2.75) is 38.8 Å². The summed E-state index contributed by atoms with van der Waals surface area (Å²) in [5.41, 5.74) is 0.296. The summed E-state index contributed by atoms with van der Waals surface area (Å²) in [6.45, 7) is 3.10. The van der Waals surface area contributed by atoms with Gasteiger partial charge in [-0.3, -0.25) is 14.9 Å². The van der Waals surface area contributed by atoms with Crippen LogP contribution in [0.4, 0.5) is 5.69 Å². The number of hydrogen-bond donors (Lipinski definition) is 1. The number of aliphatic hydroxyl groups excluding tert-OH is 1. The fraction of sp³-hybridized carbons (Fsp3) is 0.643. The van der Waals surface area contributed by atoms with Crippen LogP contribution in [0.5, 0.6) is 0 Å². The Morgan fingerprint density at radius 3 is 2.76 bits per heavy atom. The summed E-state index contributed by atoms with van der Waals surface area (Å²) in [4.78, 5) is 24.4. The van der Waals surface area contributed by atoms with Crippen molar-refractivity contribution in [2.75, 3.05) is 13.6 Å². The number of hydrogen-bond acceptors (Lipinski definition) is 4. The Morgan fingerprint density at radius 2 is 2.24 bits per heavy atom. The molecule has 0 aromatic carbocycles. The lowest BCUT2D eigenvalue weighted by Crippen LogP contribution is -2.40. The number of rotatable bonds is 6. The molecule has 0 spiro atoms. The van der Waals surface area contributed by atoms with E-state index in [2.05, 4.69) is 0 Å². The average molecular weight is 295 g/mol. The molecule has 1 aliphatic rings. The second-order valence-corrected chi connectivity index (χ2v) is 5.71. The lowest BCUT2D eigenvalue weighted by Gasteiger charge is -2.34. The summed E-state index contributed by atoms with van der Waals surface area (Å²) in [6.07, 6.45) is 3.40. The lowest BCUT2D eigenvalue weighted by atomic mass is 9.82. The highest BCUT2D eigenvalue weighted by Gasteiger charge is 2.30. The van der Waals surface area contributed by atoms with Crippen LogP contribution in [-0.4, -0.2) is 45.1 Å². The van der Waals surface area contributed by atoms with Gasteiger partial charge in [0, 0.05) is 26.2 Å². The third-order valence-corrected chi connectivity index (χ3v) is 3.87. The molecular weight excluding hydrogens is 274 g/mol. The summed E-state index contributed by atoms with van der Waals surface area (Å²) in [5, 5.41) is 20.2. The van der Waals surface area contributed by atoms with Crippen LogP contribution in [0.15, 0.2) is 12.3 Å². The van der Waals surface area contributed by atoms with E-state index in [4.69, 9.17) is 0 Å². The first-order valence-corrected chi connectivity index (χ1v) is 7.20. The Bertz CT molecular complexity index is 534. The van der Waals surface area contributed by atoms with Crippen LogP contribution < -0.4 is 0 Å². The molecule has 0 atom stereocenters. The maximum Gasteiger partial charge on any atom is 0.287 e. The minimum Gasteiger partial charge on any atom is -0.393 e. The molecule has 1 N–H and O–H groups in total. The van der Waals surface area contributed by atoms with Crippen LogP contribution in [0, 0.1) is 16.0 Å². The number of nitro groups is 1. The predicted molar refractivity (Wildman–Crippen MR) is 77.1 cm³/mol. The van der Waals surface area contributed by atoms with Crippen molar-refractivity contribution in [3.8, 4) is 0 Å². The van der Waals surface area contributed by atoms with Gasteiger partial charge < -0.3 is 14.6 Å². The molecule has 7 heteroatoms. The molecule has 116 valence electrons. The minimum absolute atomic E-state index is 0.0562. The summed E-state index contributed by atoms with van der Waals surface area (Å²) < 4.78 is 1.65. The molecule has 1 saturated carbocycles. The highest BCUT2D eigenvalue weighted by atomic mass is 16.6. The van der Waals surface area contributed by atoms with Gasteiger partial charge in [0.25, 0.3) is 11.6 Å².